The summed E-state index contributed by atoms with van der Waals surface area (Å²) in [6.07, 6.45) is 2.38. The summed E-state index contributed by atoms with van der Waals surface area (Å²) in [4.78, 5) is 2.47. The van der Waals surface area contributed by atoms with E-state index in [9.17, 15) is 0 Å². The Kier molecular flexibility index (Phi) is 6.07. The van der Waals surface area contributed by atoms with Crippen LogP contribution < -0.4 is 4.90 Å². The maximum atomic E-state index is 4.58. The summed E-state index contributed by atoms with van der Waals surface area (Å²) < 4.78 is 0. The first-order valence-electron chi connectivity index (χ1n) is 7.03. The minimum atomic E-state index is 0.337. The summed E-state index contributed by atoms with van der Waals surface area (Å²) >= 11 is 4.58. The lowest BCUT2D eigenvalue weighted by Crippen LogP contribution is -2.38. The smallest absolute Gasteiger partial charge is 0.0366 e. The lowest BCUT2D eigenvalue weighted by Gasteiger charge is -2.37. The second-order valence-electron chi connectivity index (χ2n) is 5.21. The average Bonchev–Trinajstić information content (AvgIpc) is 2.42. The van der Waals surface area contributed by atoms with Crippen LogP contribution in [0.1, 0.15) is 39.2 Å². The topological polar surface area (TPSA) is 3.24 Å². The SMILES string of the molecule is CCN(CC(CC)(CC)CS)c1ccc(C)cc1. The van der Waals surface area contributed by atoms with E-state index in [1.807, 2.05) is 0 Å². The van der Waals surface area contributed by atoms with Crippen LogP contribution in [-0.2, 0) is 0 Å². The number of benzene rings is 1. The summed E-state index contributed by atoms with van der Waals surface area (Å²) in [5.74, 6) is 0.961. The van der Waals surface area contributed by atoms with Crippen LogP contribution in [0.25, 0.3) is 0 Å². The molecule has 0 radical (unpaired) electrons. The highest BCUT2D eigenvalue weighted by atomic mass is 32.1. The summed E-state index contributed by atoms with van der Waals surface area (Å²) in [5.41, 5.74) is 2.99. The van der Waals surface area contributed by atoms with E-state index in [0.717, 1.165) is 18.8 Å². The van der Waals surface area contributed by atoms with Gasteiger partial charge in [0.25, 0.3) is 0 Å². The van der Waals surface area contributed by atoms with E-state index in [2.05, 4.69) is 69.5 Å². The van der Waals surface area contributed by atoms with Crippen molar-refractivity contribution in [2.45, 2.75) is 40.5 Å². The molecule has 0 aromatic heterocycles. The quantitative estimate of drug-likeness (QED) is 0.707. The molecule has 0 heterocycles. The van der Waals surface area contributed by atoms with E-state index in [1.165, 1.54) is 24.1 Å². The van der Waals surface area contributed by atoms with Gasteiger partial charge in [0.1, 0.15) is 0 Å². The molecule has 0 saturated carbocycles. The third-order valence-corrected chi connectivity index (χ3v) is 4.81. The number of hydrogen-bond donors (Lipinski definition) is 1. The van der Waals surface area contributed by atoms with E-state index in [4.69, 9.17) is 0 Å². The van der Waals surface area contributed by atoms with Crippen LogP contribution in [0.2, 0.25) is 0 Å². The molecule has 1 nitrogen and oxygen atoms in total. The molecule has 0 bridgehead atoms. The van der Waals surface area contributed by atoms with Crippen molar-refractivity contribution in [1.82, 2.24) is 0 Å². The Hall–Kier alpha value is -0.630. The lowest BCUT2D eigenvalue weighted by molar-refractivity contribution is 0.311. The lowest BCUT2D eigenvalue weighted by atomic mass is 9.83. The van der Waals surface area contributed by atoms with Crippen LogP contribution in [0.3, 0.4) is 0 Å². The van der Waals surface area contributed by atoms with Crippen molar-refractivity contribution in [1.29, 1.82) is 0 Å². The number of anilines is 1. The molecule has 18 heavy (non-hydrogen) atoms. The van der Waals surface area contributed by atoms with E-state index in [0.29, 0.717) is 5.41 Å². The molecule has 0 unspecified atom stereocenters. The van der Waals surface area contributed by atoms with Gasteiger partial charge in [0.05, 0.1) is 0 Å². The van der Waals surface area contributed by atoms with E-state index in [-0.39, 0.29) is 0 Å². The Morgan fingerprint density at radius 1 is 1.06 bits per heavy atom. The number of hydrogen-bond acceptors (Lipinski definition) is 2. The van der Waals surface area contributed by atoms with E-state index < -0.39 is 0 Å². The molecule has 2 heteroatoms. The van der Waals surface area contributed by atoms with Gasteiger partial charge in [-0.3, -0.25) is 0 Å². The molecule has 0 aliphatic rings. The molecular formula is C16H27NS. The largest absolute Gasteiger partial charge is 0.371 e. The van der Waals surface area contributed by atoms with Gasteiger partial charge in [-0.2, -0.15) is 12.6 Å². The molecule has 0 aliphatic carbocycles. The van der Waals surface area contributed by atoms with Crippen molar-refractivity contribution in [2.24, 2.45) is 5.41 Å². The fourth-order valence-corrected chi connectivity index (χ4v) is 2.84. The molecule has 0 saturated heterocycles. The van der Waals surface area contributed by atoms with Gasteiger partial charge in [0.15, 0.2) is 0 Å². The van der Waals surface area contributed by atoms with Gasteiger partial charge in [-0.05, 0) is 50.0 Å². The van der Waals surface area contributed by atoms with Crippen molar-refractivity contribution in [3.8, 4) is 0 Å². The van der Waals surface area contributed by atoms with Gasteiger partial charge in [-0.15, -0.1) is 0 Å². The van der Waals surface area contributed by atoms with E-state index >= 15 is 0 Å². The molecule has 1 rings (SSSR count). The molecule has 0 spiro atoms. The zero-order valence-corrected chi connectivity index (χ0v) is 13.1. The monoisotopic (exact) mass is 265 g/mol. The van der Waals surface area contributed by atoms with Gasteiger partial charge in [0.2, 0.25) is 0 Å². The van der Waals surface area contributed by atoms with E-state index in [1.54, 1.807) is 0 Å². The Balaban J connectivity index is 2.86. The molecule has 0 amide bonds. The number of nitrogens with zero attached hydrogens (tertiary/aromatic N) is 1. The van der Waals surface area contributed by atoms with Crippen LogP contribution in [0, 0.1) is 12.3 Å². The third kappa shape index (κ3) is 3.68. The first kappa shape index (κ1) is 15.4. The second-order valence-corrected chi connectivity index (χ2v) is 5.53. The Labute approximate surface area is 118 Å². The number of rotatable bonds is 7. The molecule has 1 aromatic rings. The molecule has 0 aliphatic heterocycles. The van der Waals surface area contributed by atoms with Crippen molar-refractivity contribution < 1.29 is 0 Å². The maximum Gasteiger partial charge on any atom is 0.0366 e. The highest BCUT2D eigenvalue weighted by Gasteiger charge is 2.27. The maximum absolute atomic E-state index is 4.58. The van der Waals surface area contributed by atoms with Crippen molar-refractivity contribution in [3.63, 3.8) is 0 Å². The van der Waals surface area contributed by atoms with Gasteiger partial charge in [-0.25, -0.2) is 0 Å². The van der Waals surface area contributed by atoms with Crippen molar-refractivity contribution >= 4 is 18.3 Å². The second kappa shape index (κ2) is 7.08. The predicted octanol–water partition coefficient (Wildman–Crippen LogP) is 4.56. The van der Waals surface area contributed by atoms with Crippen LogP contribution in [0.15, 0.2) is 24.3 Å². The summed E-state index contributed by atoms with van der Waals surface area (Å²) in [7, 11) is 0. The van der Waals surface area contributed by atoms with Crippen LogP contribution in [0.4, 0.5) is 5.69 Å². The molecule has 0 N–H and O–H groups in total. The van der Waals surface area contributed by atoms with Crippen molar-refractivity contribution in [3.05, 3.63) is 29.8 Å². The van der Waals surface area contributed by atoms with Crippen molar-refractivity contribution in [2.75, 3.05) is 23.7 Å². The summed E-state index contributed by atoms with van der Waals surface area (Å²) in [5, 5.41) is 0. The fraction of sp³-hybridized carbons (Fsp3) is 0.625. The first-order valence-corrected chi connectivity index (χ1v) is 7.66. The highest BCUT2D eigenvalue weighted by molar-refractivity contribution is 7.80. The van der Waals surface area contributed by atoms with Crippen LogP contribution in [0.5, 0.6) is 0 Å². The van der Waals surface area contributed by atoms with Crippen LogP contribution >= 0.6 is 12.6 Å². The molecule has 0 fully saturated rings. The Morgan fingerprint density at radius 2 is 1.61 bits per heavy atom. The van der Waals surface area contributed by atoms with Gasteiger partial charge >= 0.3 is 0 Å². The molecule has 0 atom stereocenters. The normalized spacial score (nSPS) is 11.6. The minimum absolute atomic E-state index is 0.337. The van der Waals surface area contributed by atoms with Gasteiger partial charge in [-0.1, -0.05) is 31.5 Å². The average molecular weight is 265 g/mol. The zero-order chi connectivity index (χ0) is 13.6. The fourth-order valence-electron chi connectivity index (χ4n) is 2.29. The Bertz CT molecular complexity index is 332. The molecule has 1 aromatic carbocycles. The summed E-state index contributed by atoms with van der Waals surface area (Å²) in [6, 6.07) is 8.84. The first-order chi connectivity index (χ1) is 8.60. The van der Waals surface area contributed by atoms with Gasteiger partial charge < -0.3 is 4.90 Å². The molecular weight excluding hydrogens is 238 g/mol. The highest BCUT2D eigenvalue weighted by Crippen LogP contribution is 2.31. The summed E-state index contributed by atoms with van der Waals surface area (Å²) in [6.45, 7) is 11.1. The Morgan fingerprint density at radius 3 is 2.00 bits per heavy atom. The number of thiol groups is 1. The van der Waals surface area contributed by atoms with Crippen LogP contribution in [-0.4, -0.2) is 18.8 Å². The standard InChI is InChI=1S/C16H27NS/c1-5-16(6-2,13-18)12-17(7-3)15-10-8-14(4)9-11-15/h8-11,18H,5-7,12-13H2,1-4H3. The minimum Gasteiger partial charge on any atom is -0.371 e. The zero-order valence-electron chi connectivity index (χ0n) is 12.2. The number of aryl methyl sites for hydroxylation is 1. The third-order valence-electron chi connectivity index (χ3n) is 4.14. The molecule has 102 valence electrons. The van der Waals surface area contributed by atoms with Gasteiger partial charge in [0, 0.05) is 18.8 Å². The predicted molar refractivity (Wildman–Crippen MR) is 85.9 cm³/mol.